The Morgan fingerprint density at radius 3 is 2.53 bits per heavy atom. The number of amides is 1. The summed E-state index contributed by atoms with van der Waals surface area (Å²) in [6, 6.07) is 12.9. The van der Waals surface area contributed by atoms with Crippen LogP contribution in [0.25, 0.3) is 11.0 Å². The quantitative estimate of drug-likeness (QED) is 0.447. The number of aromatic nitrogens is 1. The number of benzene rings is 2. The minimum atomic E-state index is -0.568. The molecular weight excluding hydrogens is 396 g/mol. The first-order valence-electron chi connectivity index (χ1n) is 9.86. The first-order chi connectivity index (χ1) is 14.5. The molecule has 2 aromatic carbocycles. The van der Waals surface area contributed by atoms with Crippen molar-refractivity contribution in [1.29, 1.82) is 0 Å². The molecule has 0 N–H and O–H groups in total. The van der Waals surface area contributed by atoms with Crippen LogP contribution in [-0.4, -0.2) is 10.9 Å². The summed E-state index contributed by atoms with van der Waals surface area (Å²) in [5.41, 5.74) is 3.67. The Balaban J connectivity index is 1.78. The van der Waals surface area contributed by atoms with Crippen LogP contribution in [-0.2, 0) is 0 Å². The number of hydrogen-bond acceptors (Lipinski definition) is 5. The lowest BCUT2D eigenvalue weighted by Crippen LogP contribution is -2.29. The average molecular weight is 417 g/mol. The third-order valence-corrected chi connectivity index (χ3v) is 6.34. The van der Waals surface area contributed by atoms with Crippen molar-refractivity contribution >= 4 is 33.3 Å². The van der Waals surface area contributed by atoms with Crippen LogP contribution in [0.15, 0.2) is 63.3 Å². The van der Waals surface area contributed by atoms with Crippen molar-refractivity contribution in [2.75, 3.05) is 4.90 Å². The topological polar surface area (TPSA) is 63.4 Å². The Bertz CT molecular complexity index is 1320. The highest BCUT2D eigenvalue weighted by molar-refractivity contribution is 7.13. The number of anilines is 1. The number of carbonyl (C=O) groups excluding carboxylic acids is 1. The predicted molar refractivity (Wildman–Crippen MR) is 119 cm³/mol. The van der Waals surface area contributed by atoms with Gasteiger partial charge in [-0.15, -0.1) is 11.3 Å². The maximum absolute atomic E-state index is 13.5. The number of nitrogens with zero attached hydrogens (tertiary/aromatic N) is 2. The zero-order valence-corrected chi connectivity index (χ0v) is 17.7. The van der Waals surface area contributed by atoms with Crippen molar-refractivity contribution in [2.45, 2.75) is 32.7 Å². The van der Waals surface area contributed by atoms with Crippen LogP contribution in [0.5, 0.6) is 0 Å². The van der Waals surface area contributed by atoms with Gasteiger partial charge >= 0.3 is 0 Å². The van der Waals surface area contributed by atoms with Crippen LogP contribution in [0.3, 0.4) is 0 Å². The Hall–Kier alpha value is -3.25. The van der Waals surface area contributed by atoms with E-state index in [0.717, 1.165) is 11.1 Å². The van der Waals surface area contributed by atoms with Gasteiger partial charge in [0, 0.05) is 11.6 Å². The summed E-state index contributed by atoms with van der Waals surface area (Å²) in [5.74, 6) is 0.158. The van der Waals surface area contributed by atoms with Gasteiger partial charge in [0.05, 0.1) is 17.0 Å². The molecule has 1 aliphatic rings. The Kier molecular flexibility index (Phi) is 4.33. The smallest absolute Gasteiger partial charge is 0.297 e. The maximum atomic E-state index is 13.5. The van der Waals surface area contributed by atoms with Crippen molar-refractivity contribution in [2.24, 2.45) is 0 Å². The molecule has 4 aromatic rings. The number of aryl methyl sites for hydroxylation is 1. The monoisotopic (exact) mass is 416 g/mol. The summed E-state index contributed by atoms with van der Waals surface area (Å²) >= 11 is 1.36. The van der Waals surface area contributed by atoms with Gasteiger partial charge in [-0.1, -0.05) is 49.7 Å². The van der Waals surface area contributed by atoms with Crippen LogP contribution in [0, 0.1) is 6.92 Å². The fourth-order valence-electron chi connectivity index (χ4n) is 4.00. The first-order valence-corrected chi connectivity index (χ1v) is 10.7. The van der Waals surface area contributed by atoms with Gasteiger partial charge in [0.1, 0.15) is 5.58 Å². The molecule has 0 aliphatic carbocycles. The van der Waals surface area contributed by atoms with Gasteiger partial charge in [-0.3, -0.25) is 14.5 Å². The molecule has 1 aliphatic heterocycles. The van der Waals surface area contributed by atoms with E-state index in [1.165, 1.54) is 16.9 Å². The summed E-state index contributed by atoms with van der Waals surface area (Å²) in [6.07, 6.45) is 1.66. The molecule has 5 rings (SSSR count). The second-order valence-electron chi connectivity index (χ2n) is 7.89. The SMILES string of the molecule is Cc1ccc2oc3c(c(=O)c2c1)[C@@H](c1ccc(C(C)C)cc1)N(c1nccs1)C3=O. The molecule has 1 atom stereocenters. The molecule has 1 amide bonds. The zero-order valence-electron chi connectivity index (χ0n) is 16.9. The van der Waals surface area contributed by atoms with Gasteiger partial charge in [0.25, 0.3) is 5.91 Å². The van der Waals surface area contributed by atoms with Crippen molar-refractivity contribution in [1.82, 2.24) is 4.98 Å². The number of hydrogen-bond donors (Lipinski definition) is 0. The molecule has 0 saturated carbocycles. The van der Waals surface area contributed by atoms with E-state index in [1.54, 1.807) is 17.2 Å². The Labute approximate surface area is 177 Å². The van der Waals surface area contributed by atoms with Crippen molar-refractivity contribution < 1.29 is 9.21 Å². The second-order valence-corrected chi connectivity index (χ2v) is 8.76. The molecule has 0 saturated heterocycles. The fourth-order valence-corrected chi connectivity index (χ4v) is 4.66. The lowest BCUT2D eigenvalue weighted by molar-refractivity contribution is 0.0971. The largest absolute Gasteiger partial charge is 0.450 e. The summed E-state index contributed by atoms with van der Waals surface area (Å²) in [4.78, 5) is 32.8. The van der Waals surface area contributed by atoms with Crippen LogP contribution < -0.4 is 10.3 Å². The highest BCUT2D eigenvalue weighted by Crippen LogP contribution is 2.42. The van der Waals surface area contributed by atoms with Crippen LogP contribution >= 0.6 is 11.3 Å². The molecule has 30 heavy (non-hydrogen) atoms. The number of carbonyl (C=O) groups is 1. The van der Waals surface area contributed by atoms with Crippen molar-refractivity contribution in [3.05, 3.63) is 92.3 Å². The standard InChI is InChI=1S/C24H20N2O3S/c1-13(2)15-5-7-16(8-6-15)20-19-21(27)17-12-14(3)4-9-18(17)29-22(19)23(28)26(20)24-25-10-11-30-24/h4-13,20H,1-3H3/t20-/m1/s1. The van der Waals surface area contributed by atoms with Crippen molar-refractivity contribution in [3.63, 3.8) is 0 Å². The molecule has 0 radical (unpaired) electrons. The third-order valence-electron chi connectivity index (χ3n) is 5.57. The summed E-state index contributed by atoms with van der Waals surface area (Å²) in [6.45, 7) is 6.20. The minimum Gasteiger partial charge on any atom is -0.450 e. The Morgan fingerprint density at radius 1 is 1.10 bits per heavy atom. The molecule has 0 bridgehead atoms. The molecule has 5 nitrogen and oxygen atoms in total. The van der Waals surface area contributed by atoms with E-state index >= 15 is 0 Å². The fraction of sp³-hybridized carbons (Fsp3) is 0.208. The van der Waals surface area contributed by atoms with E-state index in [1.807, 2.05) is 36.6 Å². The van der Waals surface area contributed by atoms with E-state index in [0.29, 0.717) is 27.6 Å². The highest BCUT2D eigenvalue weighted by Gasteiger charge is 2.44. The molecule has 6 heteroatoms. The van der Waals surface area contributed by atoms with E-state index in [4.69, 9.17) is 4.42 Å². The first kappa shape index (κ1) is 18.8. The van der Waals surface area contributed by atoms with Gasteiger partial charge in [-0.2, -0.15) is 0 Å². The predicted octanol–water partition coefficient (Wildman–Crippen LogP) is 5.43. The van der Waals surface area contributed by atoms with E-state index < -0.39 is 6.04 Å². The third kappa shape index (κ3) is 2.79. The summed E-state index contributed by atoms with van der Waals surface area (Å²) < 4.78 is 5.98. The summed E-state index contributed by atoms with van der Waals surface area (Å²) in [7, 11) is 0. The highest BCUT2D eigenvalue weighted by atomic mass is 32.1. The number of thiazole rings is 1. The van der Waals surface area contributed by atoms with Gasteiger partial charge in [0.2, 0.25) is 5.76 Å². The molecule has 3 heterocycles. The summed E-state index contributed by atoms with van der Waals surface area (Å²) in [5, 5.41) is 2.86. The zero-order chi connectivity index (χ0) is 21.0. The molecule has 150 valence electrons. The molecule has 0 unspecified atom stereocenters. The van der Waals surface area contributed by atoms with Gasteiger partial charge < -0.3 is 4.42 Å². The number of rotatable bonds is 3. The van der Waals surface area contributed by atoms with Gasteiger partial charge in [-0.05, 0) is 36.1 Å². The molecular formula is C24H20N2O3S. The van der Waals surface area contributed by atoms with E-state index in [9.17, 15) is 9.59 Å². The van der Waals surface area contributed by atoms with Gasteiger partial charge in [0.15, 0.2) is 10.6 Å². The Morgan fingerprint density at radius 2 is 1.87 bits per heavy atom. The van der Waals surface area contributed by atoms with Crippen molar-refractivity contribution in [3.8, 4) is 0 Å². The van der Waals surface area contributed by atoms with E-state index in [2.05, 4.69) is 31.0 Å². The van der Waals surface area contributed by atoms with Crippen LogP contribution in [0.2, 0.25) is 0 Å². The minimum absolute atomic E-state index is 0.101. The van der Waals surface area contributed by atoms with Gasteiger partial charge in [-0.25, -0.2) is 4.98 Å². The number of fused-ring (bicyclic) bond motifs is 2. The second kappa shape index (κ2) is 6.92. The van der Waals surface area contributed by atoms with E-state index in [-0.39, 0.29) is 17.1 Å². The maximum Gasteiger partial charge on any atom is 0.297 e. The molecule has 2 aromatic heterocycles. The molecule has 0 spiro atoms. The lowest BCUT2D eigenvalue weighted by atomic mass is 9.95. The average Bonchev–Trinajstić information content (AvgIpc) is 3.35. The van der Waals surface area contributed by atoms with Crippen LogP contribution in [0.4, 0.5) is 5.13 Å². The normalized spacial score (nSPS) is 15.9. The lowest BCUT2D eigenvalue weighted by Gasteiger charge is -2.23. The molecule has 0 fully saturated rings. The van der Waals surface area contributed by atoms with Crippen LogP contribution in [0.1, 0.15) is 58.6 Å².